The quantitative estimate of drug-likeness (QED) is 0.571. The van der Waals surface area contributed by atoms with Crippen LogP contribution in [0.4, 0.5) is 0 Å². The lowest BCUT2D eigenvalue weighted by atomic mass is 10.1. The second-order valence-electron chi connectivity index (χ2n) is 4.98. The molecule has 3 aromatic heterocycles. The van der Waals surface area contributed by atoms with Gasteiger partial charge in [-0.2, -0.15) is 0 Å². The van der Waals surface area contributed by atoms with Crippen molar-refractivity contribution in [3.05, 3.63) is 59.7 Å². The number of hydroxylamine groups is 1. The summed E-state index contributed by atoms with van der Waals surface area (Å²) in [4.78, 5) is 20.2. The summed E-state index contributed by atoms with van der Waals surface area (Å²) in [5, 5.41) is 9.79. The van der Waals surface area contributed by atoms with Crippen molar-refractivity contribution in [1.29, 1.82) is 0 Å². The number of pyridine rings is 2. The highest BCUT2D eigenvalue weighted by Gasteiger charge is 2.11. The maximum absolute atomic E-state index is 11.5. The standard InChI is InChI=1S/C16H16N4O2/c1-2-11-8-13(16(21)19-22)9-18-14(11)10-20-7-5-12-4-3-6-17-15(12)20/h3-9,22H,2,10H2,1H3,(H,19,21). The molecule has 0 saturated carbocycles. The number of carbonyl (C=O) groups is 1. The van der Waals surface area contributed by atoms with Crippen LogP contribution >= 0.6 is 0 Å². The van der Waals surface area contributed by atoms with Gasteiger partial charge in [0.2, 0.25) is 0 Å². The summed E-state index contributed by atoms with van der Waals surface area (Å²) in [6.45, 7) is 2.60. The Labute approximate surface area is 127 Å². The van der Waals surface area contributed by atoms with Gasteiger partial charge in [0.1, 0.15) is 5.65 Å². The molecule has 0 saturated heterocycles. The first-order chi connectivity index (χ1) is 10.7. The van der Waals surface area contributed by atoms with Crippen LogP contribution < -0.4 is 5.48 Å². The third-order valence-electron chi connectivity index (χ3n) is 3.65. The van der Waals surface area contributed by atoms with E-state index >= 15 is 0 Å². The molecule has 0 aromatic carbocycles. The summed E-state index contributed by atoms with van der Waals surface area (Å²) < 4.78 is 2.03. The molecule has 0 radical (unpaired) electrons. The van der Waals surface area contributed by atoms with E-state index in [1.54, 1.807) is 17.7 Å². The Bertz CT molecular complexity index is 826. The molecule has 3 rings (SSSR count). The molecular weight excluding hydrogens is 280 g/mol. The predicted molar refractivity (Wildman–Crippen MR) is 81.7 cm³/mol. The van der Waals surface area contributed by atoms with Gasteiger partial charge in [0.15, 0.2) is 0 Å². The van der Waals surface area contributed by atoms with Gasteiger partial charge in [0.05, 0.1) is 17.8 Å². The first-order valence-corrected chi connectivity index (χ1v) is 7.05. The second kappa shape index (κ2) is 5.95. The Balaban J connectivity index is 1.96. The van der Waals surface area contributed by atoms with E-state index in [4.69, 9.17) is 5.21 Å². The molecule has 3 heterocycles. The zero-order valence-electron chi connectivity index (χ0n) is 12.2. The lowest BCUT2D eigenvalue weighted by Gasteiger charge is -2.10. The van der Waals surface area contributed by atoms with E-state index in [2.05, 4.69) is 9.97 Å². The molecule has 2 N–H and O–H groups in total. The van der Waals surface area contributed by atoms with Crippen molar-refractivity contribution in [3.8, 4) is 0 Å². The topological polar surface area (TPSA) is 80.0 Å². The molecule has 1 amide bonds. The number of hydrogen-bond donors (Lipinski definition) is 2. The van der Waals surface area contributed by atoms with Crippen LogP contribution in [0.15, 0.2) is 42.9 Å². The van der Waals surface area contributed by atoms with E-state index in [-0.39, 0.29) is 0 Å². The van der Waals surface area contributed by atoms with E-state index in [0.29, 0.717) is 12.1 Å². The molecular formula is C16H16N4O2. The van der Waals surface area contributed by atoms with Crippen LogP contribution in [0, 0.1) is 0 Å². The fourth-order valence-corrected chi connectivity index (χ4v) is 2.49. The minimum Gasteiger partial charge on any atom is -0.327 e. The van der Waals surface area contributed by atoms with Crippen LogP contribution in [0.25, 0.3) is 11.0 Å². The van der Waals surface area contributed by atoms with Crippen LogP contribution in [-0.4, -0.2) is 25.6 Å². The molecule has 0 spiro atoms. The van der Waals surface area contributed by atoms with Crippen molar-refractivity contribution in [2.45, 2.75) is 19.9 Å². The number of carbonyl (C=O) groups excluding carboxylic acids is 1. The van der Waals surface area contributed by atoms with E-state index in [1.807, 2.05) is 35.9 Å². The van der Waals surface area contributed by atoms with Gasteiger partial charge in [0.25, 0.3) is 5.91 Å². The highest BCUT2D eigenvalue weighted by atomic mass is 16.5. The number of fused-ring (bicyclic) bond motifs is 1. The van der Waals surface area contributed by atoms with Gasteiger partial charge in [-0.3, -0.25) is 15.0 Å². The number of nitrogens with one attached hydrogen (secondary N) is 1. The number of hydrogen-bond acceptors (Lipinski definition) is 4. The zero-order chi connectivity index (χ0) is 15.5. The highest BCUT2D eigenvalue weighted by Crippen LogP contribution is 2.16. The zero-order valence-corrected chi connectivity index (χ0v) is 12.2. The SMILES string of the molecule is CCc1cc(C(=O)NO)cnc1Cn1ccc2cccnc21. The van der Waals surface area contributed by atoms with Gasteiger partial charge in [0, 0.05) is 24.0 Å². The Hall–Kier alpha value is -2.73. The molecule has 6 heteroatoms. The van der Waals surface area contributed by atoms with Crippen molar-refractivity contribution in [1.82, 2.24) is 20.0 Å². The average molecular weight is 296 g/mol. The van der Waals surface area contributed by atoms with Crippen molar-refractivity contribution >= 4 is 16.9 Å². The minimum absolute atomic E-state index is 0.346. The molecule has 0 aliphatic heterocycles. The molecule has 112 valence electrons. The largest absolute Gasteiger partial charge is 0.327 e. The fraction of sp³-hybridized carbons (Fsp3) is 0.188. The first-order valence-electron chi connectivity index (χ1n) is 7.05. The third kappa shape index (κ3) is 2.56. The van der Waals surface area contributed by atoms with Gasteiger partial charge in [-0.05, 0) is 36.2 Å². The molecule has 0 fully saturated rings. The molecule has 0 atom stereocenters. The van der Waals surface area contributed by atoms with Crippen LogP contribution in [0.1, 0.15) is 28.5 Å². The smallest absolute Gasteiger partial charge is 0.276 e. The maximum Gasteiger partial charge on any atom is 0.276 e. The Morgan fingerprint density at radius 2 is 2.23 bits per heavy atom. The number of aryl methyl sites for hydroxylation is 1. The van der Waals surface area contributed by atoms with Crippen molar-refractivity contribution in [3.63, 3.8) is 0 Å². The van der Waals surface area contributed by atoms with Crippen molar-refractivity contribution < 1.29 is 10.0 Å². The molecule has 0 unspecified atom stereocenters. The van der Waals surface area contributed by atoms with Crippen molar-refractivity contribution in [2.24, 2.45) is 0 Å². The summed E-state index contributed by atoms with van der Waals surface area (Å²) >= 11 is 0. The fourth-order valence-electron chi connectivity index (χ4n) is 2.49. The van der Waals surface area contributed by atoms with Gasteiger partial charge in [-0.25, -0.2) is 10.5 Å². The van der Waals surface area contributed by atoms with Crippen LogP contribution in [0.2, 0.25) is 0 Å². The van der Waals surface area contributed by atoms with E-state index < -0.39 is 5.91 Å². The molecule has 0 aliphatic rings. The molecule has 22 heavy (non-hydrogen) atoms. The minimum atomic E-state index is -0.554. The first kappa shape index (κ1) is 14.2. The van der Waals surface area contributed by atoms with E-state index in [1.165, 1.54) is 6.20 Å². The summed E-state index contributed by atoms with van der Waals surface area (Å²) in [5.41, 5.74) is 4.74. The summed E-state index contributed by atoms with van der Waals surface area (Å²) in [7, 11) is 0. The maximum atomic E-state index is 11.5. The average Bonchev–Trinajstić information content (AvgIpc) is 2.97. The number of nitrogens with zero attached hydrogens (tertiary/aromatic N) is 3. The summed E-state index contributed by atoms with van der Waals surface area (Å²) in [5.74, 6) is -0.554. The normalized spacial score (nSPS) is 10.8. The van der Waals surface area contributed by atoms with Crippen LogP contribution in [0.3, 0.4) is 0 Å². The summed E-state index contributed by atoms with van der Waals surface area (Å²) in [6.07, 6.45) is 5.97. The van der Waals surface area contributed by atoms with Gasteiger partial charge in [-0.1, -0.05) is 6.92 Å². The van der Waals surface area contributed by atoms with Crippen LogP contribution in [0.5, 0.6) is 0 Å². The Kier molecular flexibility index (Phi) is 3.84. The molecule has 0 aliphatic carbocycles. The van der Waals surface area contributed by atoms with Crippen molar-refractivity contribution in [2.75, 3.05) is 0 Å². The lowest BCUT2D eigenvalue weighted by Crippen LogP contribution is -2.19. The molecule has 3 aromatic rings. The van der Waals surface area contributed by atoms with Gasteiger partial charge >= 0.3 is 0 Å². The van der Waals surface area contributed by atoms with Gasteiger partial charge in [-0.15, -0.1) is 0 Å². The predicted octanol–water partition coefficient (Wildman–Crippen LogP) is 2.16. The monoisotopic (exact) mass is 296 g/mol. The third-order valence-corrected chi connectivity index (χ3v) is 3.65. The highest BCUT2D eigenvalue weighted by molar-refractivity contribution is 5.93. The van der Waals surface area contributed by atoms with Gasteiger partial charge < -0.3 is 4.57 Å². The molecule has 6 nitrogen and oxygen atoms in total. The Morgan fingerprint density at radius 1 is 1.36 bits per heavy atom. The second-order valence-corrected chi connectivity index (χ2v) is 4.98. The number of amides is 1. The number of rotatable bonds is 4. The Morgan fingerprint density at radius 3 is 3.00 bits per heavy atom. The molecule has 0 bridgehead atoms. The van der Waals surface area contributed by atoms with E-state index in [9.17, 15) is 4.79 Å². The lowest BCUT2D eigenvalue weighted by molar-refractivity contribution is 0.0706. The summed E-state index contributed by atoms with van der Waals surface area (Å²) in [6, 6.07) is 7.70. The number of aromatic nitrogens is 3. The van der Waals surface area contributed by atoms with E-state index in [0.717, 1.165) is 28.7 Å². The van der Waals surface area contributed by atoms with Crippen LogP contribution in [-0.2, 0) is 13.0 Å².